The van der Waals surface area contributed by atoms with Crippen molar-refractivity contribution in [2.45, 2.75) is 44.5 Å². The summed E-state index contributed by atoms with van der Waals surface area (Å²) >= 11 is 0. The molecule has 1 spiro atoms. The number of ether oxygens (including phenoxy) is 1. The summed E-state index contributed by atoms with van der Waals surface area (Å²) in [6.45, 7) is 2.91. The summed E-state index contributed by atoms with van der Waals surface area (Å²) in [5.74, 6) is -0.0497. The average Bonchev–Trinajstić information content (AvgIpc) is 3.12. The molecule has 1 aromatic heterocycles. The highest BCUT2D eigenvalue weighted by Gasteiger charge is 2.63. The summed E-state index contributed by atoms with van der Waals surface area (Å²) < 4.78 is 33.6. The first-order valence-electron chi connectivity index (χ1n) is 8.45. The van der Waals surface area contributed by atoms with E-state index in [4.69, 9.17) is 4.74 Å². The van der Waals surface area contributed by atoms with Crippen molar-refractivity contribution in [3.8, 4) is 5.88 Å². The first kappa shape index (κ1) is 14.9. The summed E-state index contributed by atoms with van der Waals surface area (Å²) in [4.78, 5) is 18.7. The third-order valence-electron chi connectivity index (χ3n) is 5.92. The van der Waals surface area contributed by atoms with E-state index in [-0.39, 0.29) is 23.7 Å². The standard InChI is InChI=1S/C18H17F2N3O2/c1-10-12-6-18(7-12)9-22-16(23(10)18)5-15(21-17(22)24)25-8-11-2-3-13(19)14(20)4-11/h2-5,10,12H,6-9H2,1H3. The summed E-state index contributed by atoms with van der Waals surface area (Å²) in [5.41, 5.74) is 0.239. The van der Waals surface area contributed by atoms with Gasteiger partial charge in [0.1, 0.15) is 12.4 Å². The van der Waals surface area contributed by atoms with Crippen LogP contribution in [0, 0.1) is 17.6 Å². The molecule has 1 aromatic carbocycles. The predicted octanol–water partition coefficient (Wildman–Crippen LogP) is 2.47. The van der Waals surface area contributed by atoms with Gasteiger partial charge < -0.3 is 9.64 Å². The van der Waals surface area contributed by atoms with Crippen LogP contribution in [-0.2, 0) is 13.2 Å². The molecule has 4 aliphatic rings. The van der Waals surface area contributed by atoms with Gasteiger partial charge in [-0.05, 0) is 43.4 Å². The molecule has 1 atom stereocenters. The molecular formula is C18H17F2N3O2. The van der Waals surface area contributed by atoms with Gasteiger partial charge in [-0.1, -0.05) is 6.07 Å². The smallest absolute Gasteiger partial charge is 0.352 e. The Kier molecular flexibility index (Phi) is 2.86. The molecule has 3 aliphatic heterocycles. The molecule has 0 amide bonds. The molecular weight excluding hydrogens is 328 g/mol. The van der Waals surface area contributed by atoms with Crippen LogP contribution in [0.1, 0.15) is 25.3 Å². The molecule has 2 saturated heterocycles. The number of nitrogens with zero attached hydrogens (tertiary/aromatic N) is 3. The second-order valence-electron chi connectivity index (χ2n) is 7.36. The summed E-state index contributed by atoms with van der Waals surface area (Å²) in [6, 6.07) is 5.79. The van der Waals surface area contributed by atoms with Crippen LogP contribution in [0.2, 0.25) is 0 Å². The highest BCUT2D eigenvalue weighted by molar-refractivity contribution is 5.55. The van der Waals surface area contributed by atoms with E-state index in [0.717, 1.165) is 30.8 Å². The van der Waals surface area contributed by atoms with E-state index in [1.807, 2.05) is 0 Å². The first-order valence-corrected chi connectivity index (χ1v) is 8.45. The summed E-state index contributed by atoms with van der Waals surface area (Å²) in [5, 5.41) is 0. The monoisotopic (exact) mass is 345 g/mol. The van der Waals surface area contributed by atoms with Crippen molar-refractivity contribution in [2.24, 2.45) is 5.92 Å². The minimum absolute atomic E-state index is 0.0242. The molecule has 5 nitrogen and oxygen atoms in total. The number of fused-ring (bicyclic) bond motifs is 1. The maximum atomic E-state index is 13.3. The van der Waals surface area contributed by atoms with Gasteiger partial charge in [0.05, 0.1) is 12.1 Å². The normalized spacial score (nSPS) is 28.5. The lowest BCUT2D eigenvalue weighted by molar-refractivity contribution is 0.222. The van der Waals surface area contributed by atoms with Crippen molar-refractivity contribution in [3.05, 3.63) is 51.9 Å². The largest absolute Gasteiger partial charge is 0.473 e. The molecule has 6 rings (SSSR count). The van der Waals surface area contributed by atoms with Gasteiger partial charge in [0, 0.05) is 12.1 Å². The molecule has 1 aliphatic carbocycles. The molecule has 130 valence electrons. The van der Waals surface area contributed by atoms with Crippen LogP contribution in [0.25, 0.3) is 0 Å². The Morgan fingerprint density at radius 3 is 2.84 bits per heavy atom. The lowest BCUT2D eigenvalue weighted by Gasteiger charge is -2.36. The van der Waals surface area contributed by atoms with Crippen LogP contribution in [-0.4, -0.2) is 21.1 Å². The Balaban J connectivity index is 1.43. The number of benzene rings is 1. The first-order chi connectivity index (χ1) is 12.0. The fourth-order valence-electron chi connectivity index (χ4n) is 4.73. The maximum absolute atomic E-state index is 13.3. The molecule has 1 unspecified atom stereocenters. The van der Waals surface area contributed by atoms with Crippen LogP contribution >= 0.6 is 0 Å². The minimum Gasteiger partial charge on any atom is -0.473 e. The van der Waals surface area contributed by atoms with Gasteiger partial charge >= 0.3 is 5.69 Å². The highest BCUT2D eigenvalue weighted by Crippen LogP contribution is 2.59. The van der Waals surface area contributed by atoms with E-state index in [1.165, 1.54) is 6.07 Å². The topological polar surface area (TPSA) is 47.4 Å². The molecule has 2 aromatic rings. The fraction of sp³-hybridized carbons (Fsp3) is 0.444. The van der Waals surface area contributed by atoms with Crippen LogP contribution in [0.5, 0.6) is 5.88 Å². The SMILES string of the molecule is CC1C2CC3(C2)Cn2c(cc(OCc4ccc(F)c(F)c4)nc2=O)N13. The van der Waals surface area contributed by atoms with Crippen LogP contribution < -0.4 is 15.3 Å². The van der Waals surface area contributed by atoms with Gasteiger partial charge in [0.2, 0.25) is 5.88 Å². The zero-order valence-electron chi connectivity index (χ0n) is 13.7. The number of hydrogen-bond acceptors (Lipinski definition) is 4. The lowest BCUT2D eigenvalue weighted by Crippen LogP contribution is -2.45. The second-order valence-corrected chi connectivity index (χ2v) is 7.36. The highest BCUT2D eigenvalue weighted by atomic mass is 19.2. The van der Waals surface area contributed by atoms with E-state index < -0.39 is 11.6 Å². The molecule has 0 radical (unpaired) electrons. The Labute approximate surface area is 142 Å². The quantitative estimate of drug-likeness (QED) is 0.857. The van der Waals surface area contributed by atoms with Crippen LogP contribution in [0.4, 0.5) is 14.6 Å². The molecule has 0 N–H and O–H groups in total. The third kappa shape index (κ3) is 1.98. The Morgan fingerprint density at radius 1 is 1.28 bits per heavy atom. The molecule has 4 heterocycles. The van der Waals surface area contributed by atoms with Crippen molar-refractivity contribution in [1.82, 2.24) is 9.55 Å². The molecule has 7 heteroatoms. The van der Waals surface area contributed by atoms with Gasteiger partial charge in [-0.25, -0.2) is 13.6 Å². The Morgan fingerprint density at radius 2 is 2.08 bits per heavy atom. The van der Waals surface area contributed by atoms with Gasteiger partial charge in [-0.15, -0.1) is 0 Å². The zero-order chi connectivity index (χ0) is 17.3. The number of rotatable bonds is 3. The van der Waals surface area contributed by atoms with Crippen LogP contribution in [0.3, 0.4) is 0 Å². The Bertz CT molecular complexity index is 936. The number of halogens is 2. The van der Waals surface area contributed by atoms with Crippen molar-refractivity contribution in [3.63, 3.8) is 0 Å². The van der Waals surface area contributed by atoms with Gasteiger partial charge in [-0.2, -0.15) is 4.98 Å². The minimum atomic E-state index is -0.921. The fourth-order valence-corrected chi connectivity index (χ4v) is 4.73. The third-order valence-corrected chi connectivity index (χ3v) is 5.92. The van der Waals surface area contributed by atoms with E-state index in [0.29, 0.717) is 24.1 Å². The average molecular weight is 345 g/mol. The molecule has 1 saturated carbocycles. The number of aromatic nitrogens is 2. The number of hydrogen-bond donors (Lipinski definition) is 0. The van der Waals surface area contributed by atoms with Gasteiger partial charge in [0.25, 0.3) is 0 Å². The molecule has 3 fully saturated rings. The zero-order valence-corrected chi connectivity index (χ0v) is 13.7. The van der Waals surface area contributed by atoms with Gasteiger partial charge in [0.15, 0.2) is 11.6 Å². The predicted molar refractivity (Wildman–Crippen MR) is 86.6 cm³/mol. The second kappa shape index (κ2) is 4.80. The van der Waals surface area contributed by atoms with Crippen molar-refractivity contribution in [2.75, 3.05) is 4.90 Å². The molecule has 25 heavy (non-hydrogen) atoms. The van der Waals surface area contributed by atoms with E-state index in [2.05, 4.69) is 16.8 Å². The number of anilines is 1. The molecule has 2 bridgehead atoms. The van der Waals surface area contributed by atoms with Crippen molar-refractivity contribution in [1.29, 1.82) is 0 Å². The lowest BCUT2D eigenvalue weighted by atomic mass is 9.72. The van der Waals surface area contributed by atoms with Crippen molar-refractivity contribution < 1.29 is 13.5 Å². The van der Waals surface area contributed by atoms with E-state index >= 15 is 0 Å². The summed E-state index contributed by atoms with van der Waals surface area (Å²) in [6.07, 6.45) is 2.25. The van der Waals surface area contributed by atoms with E-state index in [1.54, 1.807) is 10.6 Å². The maximum Gasteiger partial charge on any atom is 0.352 e. The van der Waals surface area contributed by atoms with Gasteiger partial charge in [-0.3, -0.25) is 4.57 Å². The van der Waals surface area contributed by atoms with Crippen LogP contribution in [0.15, 0.2) is 29.1 Å². The van der Waals surface area contributed by atoms with Crippen molar-refractivity contribution >= 4 is 5.82 Å². The summed E-state index contributed by atoms with van der Waals surface area (Å²) in [7, 11) is 0. The van der Waals surface area contributed by atoms with E-state index in [9.17, 15) is 13.6 Å². The Hall–Kier alpha value is -2.44.